The predicted molar refractivity (Wildman–Crippen MR) is 153 cm³/mol. The monoisotopic (exact) mass is 562 g/mol. The van der Waals surface area contributed by atoms with Crippen LogP contribution in [0.3, 0.4) is 0 Å². The number of carbonyl (C=O) groups excluding carboxylic acids is 1. The third kappa shape index (κ3) is 5.95. The largest absolute Gasteiger partial charge is 0.387 e. The van der Waals surface area contributed by atoms with Gasteiger partial charge in [0.25, 0.3) is 0 Å². The zero-order valence-corrected chi connectivity index (χ0v) is 23.6. The number of aliphatic hydroxyl groups is 1. The van der Waals surface area contributed by atoms with Crippen LogP contribution in [-0.2, 0) is 20.2 Å². The molecule has 7 nitrogen and oxygen atoms in total. The summed E-state index contributed by atoms with van der Waals surface area (Å²) in [5, 5.41) is 15.1. The number of carbonyl (C=O) groups is 1. The van der Waals surface area contributed by atoms with Crippen LogP contribution in [0.4, 0.5) is 0 Å². The molecule has 4 aromatic rings. The molecule has 0 saturated heterocycles. The summed E-state index contributed by atoms with van der Waals surface area (Å²) in [5.74, 6) is 0.561. The van der Waals surface area contributed by atoms with E-state index in [1.54, 1.807) is 11.8 Å². The number of benzene rings is 3. The fourth-order valence-corrected chi connectivity index (χ4v) is 6.27. The lowest BCUT2D eigenvalue weighted by Gasteiger charge is -2.15. The van der Waals surface area contributed by atoms with Gasteiger partial charge in [-0.15, -0.1) is 11.8 Å². The topological polar surface area (TPSA) is 110 Å². The first-order chi connectivity index (χ1) is 18.6. The molecule has 0 bridgehead atoms. The van der Waals surface area contributed by atoms with E-state index in [2.05, 4.69) is 15.9 Å². The zero-order chi connectivity index (χ0) is 27.8. The number of rotatable bonds is 9. The summed E-state index contributed by atoms with van der Waals surface area (Å²) in [7, 11) is -3.61. The van der Waals surface area contributed by atoms with Gasteiger partial charge >= 0.3 is 0 Å². The van der Waals surface area contributed by atoms with Crippen molar-refractivity contribution in [1.82, 2.24) is 9.88 Å². The highest BCUT2D eigenvalue weighted by atomic mass is 32.2. The molecule has 202 valence electrons. The van der Waals surface area contributed by atoms with Gasteiger partial charge in [-0.1, -0.05) is 71.4 Å². The van der Waals surface area contributed by atoms with Gasteiger partial charge in [-0.05, 0) is 55.5 Å². The van der Waals surface area contributed by atoms with Gasteiger partial charge in [0.15, 0.2) is 5.76 Å². The molecule has 1 saturated carbocycles. The number of aromatic nitrogens is 1. The number of aryl methyl sites for hydroxylation is 2. The molecule has 1 aromatic heterocycles. The molecule has 1 heterocycles. The Morgan fingerprint density at radius 3 is 2.23 bits per heavy atom. The Morgan fingerprint density at radius 2 is 1.64 bits per heavy atom. The molecule has 1 amide bonds. The molecular weight excluding hydrogens is 532 g/mol. The van der Waals surface area contributed by atoms with E-state index in [1.807, 2.05) is 80.6 Å². The number of amides is 1. The van der Waals surface area contributed by atoms with E-state index in [-0.39, 0.29) is 0 Å². The minimum Gasteiger partial charge on any atom is -0.387 e. The molecule has 3 aromatic carbocycles. The minimum absolute atomic E-state index is 0.472. The Bertz CT molecular complexity index is 1610. The van der Waals surface area contributed by atoms with Gasteiger partial charge < -0.3 is 9.63 Å². The lowest BCUT2D eigenvalue weighted by atomic mass is 9.93. The molecular formula is C30H30N2O5S2. The summed E-state index contributed by atoms with van der Waals surface area (Å²) < 4.78 is 30.8. The van der Waals surface area contributed by atoms with E-state index >= 15 is 0 Å². The molecule has 1 aliphatic carbocycles. The van der Waals surface area contributed by atoms with Crippen molar-refractivity contribution in [2.24, 2.45) is 0 Å². The van der Waals surface area contributed by atoms with E-state index in [4.69, 9.17) is 4.52 Å². The van der Waals surface area contributed by atoms with Crippen molar-refractivity contribution in [2.45, 2.75) is 43.1 Å². The third-order valence-electron chi connectivity index (χ3n) is 7.02. The molecule has 2 N–H and O–H groups in total. The lowest BCUT2D eigenvalue weighted by molar-refractivity contribution is -0.121. The molecule has 9 heteroatoms. The highest BCUT2D eigenvalue weighted by molar-refractivity contribution is 7.99. The average Bonchev–Trinajstić information content (AvgIpc) is 3.63. The summed E-state index contributed by atoms with van der Waals surface area (Å²) in [5.41, 5.74) is 5.33. The van der Waals surface area contributed by atoms with Crippen molar-refractivity contribution in [1.29, 1.82) is 0 Å². The third-order valence-corrected chi connectivity index (χ3v) is 8.65. The van der Waals surface area contributed by atoms with Gasteiger partial charge in [0, 0.05) is 16.2 Å². The summed E-state index contributed by atoms with van der Waals surface area (Å²) in [6.45, 7) is 3.88. The SMILES string of the molecule is Cc1cccc(SCC(O)c2c(C)noc2-c2ccc(-c3ccc(C4(C(=O)NS(C)(=O)=O)CC4)cc3)cc2)c1. The Morgan fingerprint density at radius 1 is 1.03 bits per heavy atom. The molecule has 1 atom stereocenters. The quantitative estimate of drug-likeness (QED) is 0.257. The second-order valence-electron chi connectivity index (χ2n) is 10.1. The molecule has 0 aliphatic heterocycles. The van der Waals surface area contributed by atoms with E-state index in [0.29, 0.717) is 35.6 Å². The van der Waals surface area contributed by atoms with Crippen LogP contribution in [0.1, 0.15) is 41.3 Å². The molecule has 1 fully saturated rings. The van der Waals surface area contributed by atoms with Crippen LogP contribution < -0.4 is 4.72 Å². The Labute approximate surface area is 232 Å². The number of hydrogen-bond donors (Lipinski definition) is 2. The highest BCUT2D eigenvalue weighted by Crippen LogP contribution is 2.49. The normalized spacial score (nSPS) is 15.1. The van der Waals surface area contributed by atoms with Crippen molar-refractivity contribution in [2.75, 3.05) is 12.0 Å². The number of thioether (sulfide) groups is 1. The van der Waals surface area contributed by atoms with Crippen LogP contribution in [-0.4, -0.2) is 36.6 Å². The van der Waals surface area contributed by atoms with Gasteiger partial charge in [0.1, 0.15) is 0 Å². The summed E-state index contributed by atoms with van der Waals surface area (Å²) in [6, 6.07) is 23.7. The number of aliphatic hydroxyl groups excluding tert-OH is 1. The molecule has 0 radical (unpaired) electrons. The Kier molecular flexibility index (Phi) is 7.41. The average molecular weight is 563 g/mol. The first-order valence-corrected chi connectivity index (χ1v) is 15.5. The van der Waals surface area contributed by atoms with Crippen molar-refractivity contribution in [3.63, 3.8) is 0 Å². The van der Waals surface area contributed by atoms with Gasteiger partial charge in [-0.25, -0.2) is 8.42 Å². The summed E-state index contributed by atoms with van der Waals surface area (Å²) >= 11 is 1.59. The van der Waals surface area contributed by atoms with Crippen LogP contribution in [0.2, 0.25) is 0 Å². The Balaban J connectivity index is 1.31. The lowest BCUT2D eigenvalue weighted by Crippen LogP contribution is -2.38. The van der Waals surface area contributed by atoms with Gasteiger partial charge in [-0.3, -0.25) is 9.52 Å². The standard InChI is InChI=1S/C30H30N2O5S2/c1-19-5-4-6-25(17-19)38-18-26(33)27-20(2)31-37-28(27)23-9-7-21(8-10-23)22-11-13-24(14-12-22)30(15-16-30)29(34)32-39(3,35)36/h4-14,17,26,33H,15-16,18H2,1-3H3,(H,32,34). The van der Waals surface area contributed by atoms with Gasteiger partial charge in [0.2, 0.25) is 15.9 Å². The maximum absolute atomic E-state index is 12.6. The summed E-state index contributed by atoms with van der Waals surface area (Å²) in [4.78, 5) is 13.7. The van der Waals surface area contributed by atoms with Crippen LogP contribution in [0.25, 0.3) is 22.5 Å². The highest BCUT2D eigenvalue weighted by Gasteiger charge is 2.52. The number of nitrogens with zero attached hydrogens (tertiary/aromatic N) is 1. The van der Waals surface area contributed by atoms with E-state index < -0.39 is 27.4 Å². The molecule has 1 aliphatic rings. The molecule has 39 heavy (non-hydrogen) atoms. The first-order valence-electron chi connectivity index (χ1n) is 12.6. The van der Waals surface area contributed by atoms with Gasteiger partial charge in [0.05, 0.1) is 29.0 Å². The van der Waals surface area contributed by atoms with Crippen molar-refractivity contribution in [3.8, 4) is 22.5 Å². The molecule has 5 rings (SSSR count). The minimum atomic E-state index is -3.61. The number of nitrogens with one attached hydrogen (secondary N) is 1. The maximum atomic E-state index is 12.6. The van der Waals surface area contributed by atoms with E-state index in [0.717, 1.165) is 33.4 Å². The van der Waals surface area contributed by atoms with Crippen molar-refractivity contribution >= 4 is 27.7 Å². The second kappa shape index (κ2) is 10.6. The first kappa shape index (κ1) is 27.2. The second-order valence-corrected chi connectivity index (χ2v) is 12.9. The van der Waals surface area contributed by atoms with Crippen molar-refractivity contribution < 1.29 is 22.8 Å². The molecule has 1 unspecified atom stereocenters. The maximum Gasteiger partial charge on any atom is 0.244 e. The molecule has 0 spiro atoms. The van der Waals surface area contributed by atoms with Crippen LogP contribution >= 0.6 is 11.8 Å². The number of sulfonamides is 1. The fourth-order valence-electron chi connectivity index (χ4n) is 4.77. The number of hydrogen-bond acceptors (Lipinski definition) is 7. The van der Waals surface area contributed by atoms with E-state index in [9.17, 15) is 18.3 Å². The van der Waals surface area contributed by atoms with Crippen molar-refractivity contribution in [3.05, 3.63) is 95.2 Å². The fraction of sp³-hybridized carbons (Fsp3) is 0.267. The van der Waals surface area contributed by atoms with E-state index in [1.165, 1.54) is 5.56 Å². The van der Waals surface area contributed by atoms with Crippen LogP contribution in [0, 0.1) is 13.8 Å². The smallest absolute Gasteiger partial charge is 0.244 e. The summed E-state index contributed by atoms with van der Waals surface area (Å²) in [6.07, 6.45) is 1.49. The van der Waals surface area contributed by atoms with Crippen LogP contribution in [0.5, 0.6) is 0 Å². The Hall–Kier alpha value is -3.40. The van der Waals surface area contributed by atoms with Crippen LogP contribution in [0.15, 0.2) is 82.2 Å². The van der Waals surface area contributed by atoms with Gasteiger partial charge in [-0.2, -0.15) is 0 Å². The zero-order valence-electron chi connectivity index (χ0n) is 22.0. The predicted octanol–water partition coefficient (Wildman–Crippen LogP) is 5.56.